The standard InChI is InChI=1S/C10H8F3N3O3/c1-2-19-9(18)5-3-7-14-8(17)4-6(10(11,12)13)16(7)15-5/h3-4H,2H2,1H3,(H,14,17). The molecule has 0 saturated carbocycles. The molecule has 2 heterocycles. The molecule has 6 nitrogen and oxygen atoms in total. The monoisotopic (exact) mass is 275 g/mol. The number of nitrogens with one attached hydrogen (secondary N) is 1. The maximum Gasteiger partial charge on any atom is 0.433 e. The second-order valence-corrected chi connectivity index (χ2v) is 3.56. The fraction of sp³-hybridized carbons (Fsp3) is 0.300. The predicted octanol–water partition coefficient (Wildman–Crippen LogP) is 1.22. The van der Waals surface area contributed by atoms with Gasteiger partial charge in [-0.1, -0.05) is 0 Å². The molecule has 0 unspecified atom stereocenters. The number of nitrogens with zero attached hydrogens (tertiary/aromatic N) is 2. The number of rotatable bonds is 2. The highest BCUT2D eigenvalue weighted by Crippen LogP contribution is 2.28. The minimum absolute atomic E-state index is 0.0648. The molecule has 9 heteroatoms. The molecule has 0 amide bonds. The summed E-state index contributed by atoms with van der Waals surface area (Å²) >= 11 is 0. The zero-order valence-electron chi connectivity index (χ0n) is 9.61. The van der Waals surface area contributed by atoms with E-state index in [-0.39, 0.29) is 17.9 Å². The van der Waals surface area contributed by atoms with Gasteiger partial charge in [0.2, 0.25) is 0 Å². The van der Waals surface area contributed by atoms with Gasteiger partial charge in [-0.15, -0.1) is 0 Å². The van der Waals surface area contributed by atoms with Crippen molar-refractivity contribution in [1.29, 1.82) is 0 Å². The number of halogens is 3. The van der Waals surface area contributed by atoms with E-state index in [0.717, 1.165) is 6.07 Å². The minimum atomic E-state index is -4.76. The zero-order chi connectivity index (χ0) is 14.2. The number of esters is 1. The number of hydrogen-bond acceptors (Lipinski definition) is 4. The lowest BCUT2D eigenvalue weighted by atomic mass is 10.4. The van der Waals surface area contributed by atoms with Crippen molar-refractivity contribution in [1.82, 2.24) is 14.6 Å². The Balaban J connectivity index is 2.65. The molecule has 2 rings (SSSR count). The summed E-state index contributed by atoms with van der Waals surface area (Å²) in [6, 6.07) is 1.39. The van der Waals surface area contributed by atoms with Crippen LogP contribution in [0.25, 0.3) is 5.65 Å². The number of carbonyl (C=O) groups is 1. The van der Waals surface area contributed by atoms with Crippen LogP contribution in [0.2, 0.25) is 0 Å². The van der Waals surface area contributed by atoms with Gasteiger partial charge in [0.15, 0.2) is 11.4 Å². The third-order valence-electron chi connectivity index (χ3n) is 2.23. The van der Waals surface area contributed by atoms with Crippen molar-refractivity contribution < 1.29 is 22.7 Å². The summed E-state index contributed by atoms with van der Waals surface area (Å²) < 4.78 is 43.3. The SMILES string of the molecule is CCOC(=O)c1cc2[nH]c(=O)cc(C(F)(F)F)n2n1. The van der Waals surface area contributed by atoms with Crippen molar-refractivity contribution in [2.45, 2.75) is 13.1 Å². The van der Waals surface area contributed by atoms with Crippen molar-refractivity contribution in [2.75, 3.05) is 6.61 Å². The molecule has 0 atom stereocenters. The molecule has 2 aromatic heterocycles. The Morgan fingerprint density at radius 2 is 2.16 bits per heavy atom. The number of ether oxygens (including phenoxy) is 1. The smallest absolute Gasteiger partial charge is 0.433 e. The molecule has 1 N–H and O–H groups in total. The third-order valence-corrected chi connectivity index (χ3v) is 2.23. The molecule has 0 bridgehead atoms. The highest BCUT2D eigenvalue weighted by molar-refractivity contribution is 5.88. The number of carbonyl (C=O) groups excluding carboxylic acids is 1. The van der Waals surface area contributed by atoms with Gasteiger partial charge in [-0.3, -0.25) is 4.79 Å². The van der Waals surface area contributed by atoms with Crippen LogP contribution >= 0.6 is 0 Å². The zero-order valence-corrected chi connectivity index (χ0v) is 9.61. The summed E-state index contributed by atoms with van der Waals surface area (Å²) in [5, 5.41) is 3.49. The Labute approximate surface area is 103 Å². The van der Waals surface area contributed by atoms with Crippen LogP contribution in [0, 0.1) is 0 Å². The molecular formula is C10H8F3N3O3. The van der Waals surface area contributed by atoms with Gasteiger partial charge in [-0.05, 0) is 6.92 Å². The second-order valence-electron chi connectivity index (χ2n) is 3.56. The normalized spacial score (nSPS) is 11.8. The Morgan fingerprint density at radius 3 is 2.74 bits per heavy atom. The first kappa shape index (κ1) is 13.1. The number of fused-ring (bicyclic) bond motifs is 1. The Hall–Kier alpha value is -2.32. The lowest BCUT2D eigenvalue weighted by molar-refractivity contribution is -0.142. The van der Waals surface area contributed by atoms with Gasteiger partial charge in [0.1, 0.15) is 5.65 Å². The lowest BCUT2D eigenvalue weighted by Crippen LogP contribution is -2.19. The van der Waals surface area contributed by atoms with Crippen molar-refractivity contribution >= 4 is 11.6 Å². The van der Waals surface area contributed by atoms with E-state index in [4.69, 9.17) is 0 Å². The molecule has 0 aliphatic carbocycles. The van der Waals surface area contributed by atoms with Gasteiger partial charge in [-0.25, -0.2) is 9.31 Å². The number of hydrogen-bond donors (Lipinski definition) is 1. The minimum Gasteiger partial charge on any atom is -0.461 e. The summed E-state index contributed by atoms with van der Waals surface area (Å²) in [5.74, 6) is -0.861. The van der Waals surface area contributed by atoms with Gasteiger partial charge in [0.25, 0.3) is 5.56 Å². The average Bonchev–Trinajstić information content (AvgIpc) is 2.70. The molecule has 0 radical (unpaired) electrons. The Bertz CT molecular complexity index is 687. The van der Waals surface area contributed by atoms with Gasteiger partial charge in [0, 0.05) is 12.1 Å². The number of aromatic amines is 1. The van der Waals surface area contributed by atoms with E-state index in [2.05, 4.69) is 14.8 Å². The van der Waals surface area contributed by atoms with Gasteiger partial charge in [0.05, 0.1) is 6.61 Å². The van der Waals surface area contributed by atoms with Crippen LogP contribution in [0.1, 0.15) is 23.1 Å². The second kappa shape index (κ2) is 4.41. The van der Waals surface area contributed by atoms with Crippen LogP contribution in [-0.2, 0) is 10.9 Å². The number of H-pyrrole nitrogens is 1. The van der Waals surface area contributed by atoms with E-state index in [1.165, 1.54) is 0 Å². The van der Waals surface area contributed by atoms with E-state index in [0.29, 0.717) is 10.6 Å². The molecule has 0 aromatic carbocycles. The molecule has 102 valence electrons. The van der Waals surface area contributed by atoms with Crippen LogP contribution in [0.4, 0.5) is 13.2 Å². The largest absolute Gasteiger partial charge is 0.461 e. The molecule has 0 aliphatic heterocycles. The van der Waals surface area contributed by atoms with Crippen LogP contribution < -0.4 is 5.56 Å². The Morgan fingerprint density at radius 1 is 1.47 bits per heavy atom. The van der Waals surface area contributed by atoms with Crippen molar-refractivity contribution in [2.24, 2.45) is 0 Å². The number of aromatic nitrogens is 3. The first-order chi connectivity index (χ1) is 8.82. The molecular weight excluding hydrogens is 267 g/mol. The summed E-state index contributed by atoms with van der Waals surface area (Å²) in [4.78, 5) is 24.7. The molecule has 0 aliphatic rings. The van der Waals surface area contributed by atoms with Gasteiger partial charge >= 0.3 is 12.1 Å². The maximum absolute atomic E-state index is 12.7. The van der Waals surface area contributed by atoms with Gasteiger partial charge < -0.3 is 9.72 Å². The summed E-state index contributed by atoms with van der Waals surface area (Å²) in [6.45, 7) is 1.62. The van der Waals surface area contributed by atoms with E-state index in [1.807, 2.05) is 0 Å². The first-order valence-corrected chi connectivity index (χ1v) is 5.20. The van der Waals surface area contributed by atoms with E-state index in [9.17, 15) is 22.8 Å². The topological polar surface area (TPSA) is 76.5 Å². The molecule has 19 heavy (non-hydrogen) atoms. The molecule has 0 spiro atoms. The van der Waals surface area contributed by atoms with Crippen molar-refractivity contribution in [3.05, 3.63) is 33.9 Å². The highest BCUT2D eigenvalue weighted by Gasteiger charge is 2.35. The quantitative estimate of drug-likeness (QED) is 0.836. The first-order valence-electron chi connectivity index (χ1n) is 5.20. The maximum atomic E-state index is 12.7. The van der Waals surface area contributed by atoms with Crippen molar-refractivity contribution in [3.8, 4) is 0 Å². The summed E-state index contributed by atoms with van der Waals surface area (Å²) in [6.07, 6.45) is -4.76. The van der Waals surface area contributed by atoms with Crippen molar-refractivity contribution in [3.63, 3.8) is 0 Å². The van der Waals surface area contributed by atoms with Gasteiger partial charge in [-0.2, -0.15) is 18.3 Å². The third kappa shape index (κ3) is 2.44. The van der Waals surface area contributed by atoms with Crippen LogP contribution in [0.15, 0.2) is 16.9 Å². The lowest BCUT2D eigenvalue weighted by Gasteiger charge is -2.07. The van der Waals surface area contributed by atoms with E-state index < -0.39 is 23.4 Å². The number of alkyl halides is 3. The summed E-state index contributed by atoms with van der Waals surface area (Å²) in [7, 11) is 0. The molecule has 0 saturated heterocycles. The average molecular weight is 275 g/mol. The van der Waals surface area contributed by atoms with E-state index in [1.54, 1.807) is 6.92 Å². The van der Waals surface area contributed by atoms with Crippen LogP contribution in [0.5, 0.6) is 0 Å². The predicted molar refractivity (Wildman–Crippen MR) is 56.8 cm³/mol. The molecule has 0 fully saturated rings. The summed E-state index contributed by atoms with van der Waals surface area (Å²) in [5.41, 5.74) is -2.74. The molecule has 2 aromatic rings. The van der Waals surface area contributed by atoms with E-state index >= 15 is 0 Å². The Kier molecular flexibility index (Phi) is 3.05. The van der Waals surface area contributed by atoms with Crippen LogP contribution in [0.3, 0.4) is 0 Å². The van der Waals surface area contributed by atoms with Crippen LogP contribution in [-0.4, -0.2) is 27.2 Å². The fourth-order valence-corrected chi connectivity index (χ4v) is 1.51. The fourth-order valence-electron chi connectivity index (χ4n) is 1.51. The highest BCUT2D eigenvalue weighted by atomic mass is 19.4.